The monoisotopic (exact) mass is 281 g/mol. The molecule has 116 valence electrons. The largest absolute Gasteiger partial charge is 0.394 e. The first-order valence-electron chi connectivity index (χ1n) is 7.95. The average Bonchev–Trinajstić information content (AvgIpc) is 2.85. The number of nitrogens with zero attached hydrogens (tertiary/aromatic N) is 2. The van der Waals surface area contributed by atoms with Gasteiger partial charge in [-0.2, -0.15) is 0 Å². The van der Waals surface area contributed by atoms with Gasteiger partial charge >= 0.3 is 0 Å². The molecule has 0 fully saturated rings. The van der Waals surface area contributed by atoms with E-state index in [1.54, 1.807) is 0 Å². The van der Waals surface area contributed by atoms with Crippen molar-refractivity contribution in [1.29, 1.82) is 0 Å². The van der Waals surface area contributed by atoms with Crippen molar-refractivity contribution in [3.63, 3.8) is 0 Å². The first kappa shape index (κ1) is 17.2. The second kappa shape index (κ2) is 8.42. The quantitative estimate of drug-likeness (QED) is 0.693. The number of nitrogens with one attached hydrogen (secondary N) is 1. The smallest absolute Gasteiger partial charge is 0.108 e. The van der Waals surface area contributed by atoms with Crippen LogP contribution < -0.4 is 5.32 Å². The van der Waals surface area contributed by atoms with E-state index in [1.807, 2.05) is 6.20 Å². The lowest BCUT2D eigenvalue weighted by Crippen LogP contribution is -2.51. The van der Waals surface area contributed by atoms with Gasteiger partial charge in [0.15, 0.2) is 0 Å². The highest BCUT2D eigenvalue weighted by molar-refractivity contribution is 4.93. The van der Waals surface area contributed by atoms with E-state index >= 15 is 0 Å². The number of aliphatic hydroxyl groups excluding tert-OH is 1. The Morgan fingerprint density at radius 1 is 1.40 bits per heavy atom. The zero-order valence-electron chi connectivity index (χ0n) is 13.5. The number of aryl methyl sites for hydroxylation is 2. The van der Waals surface area contributed by atoms with Crippen molar-refractivity contribution >= 4 is 0 Å². The van der Waals surface area contributed by atoms with Crippen molar-refractivity contribution in [3.8, 4) is 0 Å². The summed E-state index contributed by atoms with van der Waals surface area (Å²) in [6.45, 7) is 9.78. The summed E-state index contributed by atoms with van der Waals surface area (Å²) < 4.78 is 2.25. The average molecular weight is 281 g/mol. The van der Waals surface area contributed by atoms with Crippen LogP contribution in [-0.2, 0) is 13.0 Å². The molecule has 0 aromatic carbocycles. The summed E-state index contributed by atoms with van der Waals surface area (Å²) in [5, 5.41) is 13.3. The van der Waals surface area contributed by atoms with Crippen LogP contribution in [0.1, 0.15) is 59.2 Å². The Balaban J connectivity index is 2.53. The van der Waals surface area contributed by atoms with E-state index in [1.165, 1.54) is 5.82 Å². The molecule has 1 atom stereocenters. The Morgan fingerprint density at radius 2 is 2.15 bits per heavy atom. The molecule has 4 nitrogen and oxygen atoms in total. The van der Waals surface area contributed by atoms with Gasteiger partial charge in [0.05, 0.1) is 6.61 Å². The van der Waals surface area contributed by atoms with Gasteiger partial charge in [0.2, 0.25) is 0 Å². The first-order valence-corrected chi connectivity index (χ1v) is 7.95. The fraction of sp³-hybridized carbons (Fsp3) is 0.812. The Bertz CT molecular complexity index is 370. The summed E-state index contributed by atoms with van der Waals surface area (Å²) in [6, 6.07) is 0.394. The number of aromatic nitrogens is 2. The molecule has 1 unspecified atom stereocenters. The van der Waals surface area contributed by atoms with Crippen LogP contribution in [-0.4, -0.2) is 32.8 Å². The standard InChI is InChI=1S/C16H31N3O/c1-5-8-15-17-10-12-19(15)11-7-9-16(6-2,13-20)18-14(3)4/h10,12,14,18,20H,5-9,11,13H2,1-4H3. The van der Waals surface area contributed by atoms with Gasteiger partial charge in [-0.15, -0.1) is 0 Å². The van der Waals surface area contributed by atoms with Crippen LogP contribution in [0.2, 0.25) is 0 Å². The highest BCUT2D eigenvalue weighted by Gasteiger charge is 2.27. The van der Waals surface area contributed by atoms with Gasteiger partial charge in [-0.3, -0.25) is 0 Å². The van der Waals surface area contributed by atoms with Crippen LogP contribution in [0.25, 0.3) is 0 Å². The summed E-state index contributed by atoms with van der Waals surface area (Å²) in [5.41, 5.74) is -0.139. The molecule has 0 aliphatic rings. The molecule has 20 heavy (non-hydrogen) atoms. The molecule has 1 aromatic heterocycles. The SMILES string of the molecule is CCCc1nccn1CCCC(CC)(CO)NC(C)C. The minimum absolute atomic E-state index is 0.139. The third-order valence-electron chi connectivity index (χ3n) is 3.90. The van der Waals surface area contributed by atoms with Crippen molar-refractivity contribution in [2.24, 2.45) is 0 Å². The molecule has 0 amide bonds. The maximum atomic E-state index is 9.74. The van der Waals surface area contributed by atoms with Crippen LogP contribution in [0, 0.1) is 0 Å². The number of rotatable bonds is 10. The summed E-state index contributed by atoms with van der Waals surface area (Å²) in [4.78, 5) is 4.41. The van der Waals surface area contributed by atoms with Crippen LogP contribution in [0.5, 0.6) is 0 Å². The number of imidazole rings is 1. The Labute approximate surface area is 123 Å². The minimum Gasteiger partial charge on any atom is -0.394 e. The Kier molecular flexibility index (Phi) is 7.24. The molecule has 0 saturated heterocycles. The third kappa shape index (κ3) is 4.91. The Hall–Kier alpha value is -0.870. The lowest BCUT2D eigenvalue weighted by Gasteiger charge is -2.34. The van der Waals surface area contributed by atoms with Crippen molar-refractivity contribution in [3.05, 3.63) is 18.2 Å². The lowest BCUT2D eigenvalue weighted by molar-refractivity contribution is 0.134. The number of aliphatic hydroxyl groups is 1. The van der Waals surface area contributed by atoms with E-state index in [0.29, 0.717) is 6.04 Å². The zero-order valence-corrected chi connectivity index (χ0v) is 13.5. The predicted octanol–water partition coefficient (Wildman–Crippen LogP) is 2.75. The second-order valence-electron chi connectivity index (χ2n) is 5.98. The summed E-state index contributed by atoms with van der Waals surface area (Å²) >= 11 is 0. The Morgan fingerprint density at radius 3 is 2.70 bits per heavy atom. The van der Waals surface area contributed by atoms with E-state index in [0.717, 1.165) is 38.6 Å². The van der Waals surface area contributed by atoms with Crippen LogP contribution >= 0.6 is 0 Å². The summed E-state index contributed by atoms with van der Waals surface area (Å²) in [7, 11) is 0. The highest BCUT2D eigenvalue weighted by Crippen LogP contribution is 2.19. The fourth-order valence-electron chi connectivity index (χ4n) is 2.78. The van der Waals surface area contributed by atoms with Gasteiger partial charge in [0, 0.05) is 36.9 Å². The second-order valence-corrected chi connectivity index (χ2v) is 5.98. The summed E-state index contributed by atoms with van der Waals surface area (Å²) in [5.74, 6) is 1.18. The normalized spacial score (nSPS) is 14.7. The minimum atomic E-state index is -0.139. The topological polar surface area (TPSA) is 50.1 Å². The van der Waals surface area contributed by atoms with E-state index in [9.17, 15) is 5.11 Å². The molecule has 1 rings (SSSR count). The maximum absolute atomic E-state index is 9.74. The van der Waals surface area contributed by atoms with Crippen LogP contribution in [0.15, 0.2) is 12.4 Å². The van der Waals surface area contributed by atoms with Gasteiger partial charge in [0.25, 0.3) is 0 Å². The molecule has 0 saturated carbocycles. The van der Waals surface area contributed by atoms with E-state index in [2.05, 4.69) is 48.8 Å². The predicted molar refractivity (Wildman–Crippen MR) is 83.8 cm³/mol. The maximum Gasteiger partial charge on any atom is 0.108 e. The molecule has 0 radical (unpaired) electrons. The molecule has 2 N–H and O–H groups in total. The molecular weight excluding hydrogens is 250 g/mol. The molecular formula is C16H31N3O. The van der Waals surface area contributed by atoms with E-state index < -0.39 is 0 Å². The van der Waals surface area contributed by atoms with Crippen molar-refractivity contribution in [1.82, 2.24) is 14.9 Å². The molecule has 0 bridgehead atoms. The summed E-state index contributed by atoms with van der Waals surface area (Å²) in [6.07, 6.45) is 9.11. The van der Waals surface area contributed by atoms with Crippen molar-refractivity contribution < 1.29 is 5.11 Å². The fourth-order valence-corrected chi connectivity index (χ4v) is 2.78. The molecule has 4 heteroatoms. The van der Waals surface area contributed by atoms with Crippen molar-refractivity contribution in [2.45, 2.75) is 77.9 Å². The zero-order chi connectivity index (χ0) is 15.0. The molecule has 1 aromatic rings. The molecule has 0 aliphatic heterocycles. The lowest BCUT2D eigenvalue weighted by atomic mass is 9.90. The van der Waals surface area contributed by atoms with Gasteiger partial charge in [-0.05, 0) is 25.7 Å². The number of hydrogen-bond acceptors (Lipinski definition) is 3. The van der Waals surface area contributed by atoms with Crippen LogP contribution in [0.4, 0.5) is 0 Å². The van der Waals surface area contributed by atoms with Gasteiger partial charge in [0.1, 0.15) is 5.82 Å². The van der Waals surface area contributed by atoms with E-state index in [-0.39, 0.29) is 12.1 Å². The number of hydrogen-bond donors (Lipinski definition) is 2. The van der Waals surface area contributed by atoms with E-state index in [4.69, 9.17) is 0 Å². The first-order chi connectivity index (χ1) is 9.56. The van der Waals surface area contributed by atoms with Crippen molar-refractivity contribution in [2.75, 3.05) is 6.61 Å². The highest BCUT2D eigenvalue weighted by atomic mass is 16.3. The van der Waals surface area contributed by atoms with Gasteiger partial charge in [-0.1, -0.05) is 27.7 Å². The van der Waals surface area contributed by atoms with Gasteiger partial charge < -0.3 is 15.0 Å². The van der Waals surface area contributed by atoms with Gasteiger partial charge in [-0.25, -0.2) is 4.98 Å². The molecule has 0 spiro atoms. The molecule has 0 aliphatic carbocycles. The molecule has 1 heterocycles. The van der Waals surface area contributed by atoms with Crippen LogP contribution in [0.3, 0.4) is 0 Å². The third-order valence-corrected chi connectivity index (χ3v) is 3.90.